The molecule has 1 aromatic rings. The fourth-order valence-corrected chi connectivity index (χ4v) is 3.89. The molecule has 3 nitrogen and oxygen atoms in total. The van der Waals surface area contributed by atoms with E-state index in [1.165, 1.54) is 0 Å². The lowest BCUT2D eigenvalue weighted by molar-refractivity contribution is -0.138. The lowest BCUT2D eigenvalue weighted by Crippen LogP contribution is -2.61. The second kappa shape index (κ2) is 5.31. The fraction of sp³-hybridized carbons (Fsp3) is 0.615. The van der Waals surface area contributed by atoms with E-state index in [1.54, 1.807) is 11.3 Å². The Morgan fingerprint density at radius 3 is 3.00 bits per heavy atom. The summed E-state index contributed by atoms with van der Waals surface area (Å²) in [4.78, 5) is 15.5. The Balaban J connectivity index is 2.08. The van der Waals surface area contributed by atoms with Gasteiger partial charge in [-0.15, -0.1) is 11.3 Å². The molecule has 1 aliphatic heterocycles. The van der Waals surface area contributed by atoms with Gasteiger partial charge in [0.25, 0.3) is 0 Å². The fourth-order valence-electron chi connectivity index (χ4n) is 2.45. The number of nitrogens with zero attached hydrogens (tertiary/aromatic N) is 1. The van der Waals surface area contributed by atoms with E-state index >= 15 is 0 Å². The lowest BCUT2D eigenvalue weighted by Gasteiger charge is -2.46. The molecule has 1 aromatic heterocycles. The molecular weight excluding hydrogens is 312 g/mol. The van der Waals surface area contributed by atoms with Crippen LogP contribution >= 0.6 is 27.3 Å². The van der Waals surface area contributed by atoms with Crippen molar-refractivity contribution in [1.29, 1.82) is 0 Å². The van der Waals surface area contributed by atoms with Gasteiger partial charge in [-0.3, -0.25) is 4.79 Å². The van der Waals surface area contributed by atoms with Crippen LogP contribution in [-0.4, -0.2) is 28.9 Å². The van der Waals surface area contributed by atoms with Crippen LogP contribution in [0.25, 0.3) is 0 Å². The molecular formula is C13H19BrN2OS. The van der Waals surface area contributed by atoms with Crippen LogP contribution in [0.15, 0.2) is 15.9 Å². The molecule has 2 rings (SSSR count). The Morgan fingerprint density at radius 2 is 2.39 bits per heavy atom. The van der Waals surface area contributed by atoms with Gasteiger partial charge in [-0.05, 0) is 48.7 Å². The SMILES string of the molecule is CC1(C)C(N)CCCN1C(=O)Cc1cc(Br)cs1. The van der Waals surface area contributed by atoms with Crippen LogP contribution in [-0.2, 0) is 11.2 Å². The van der Waals surface area contributed by atoms with Crippen LogP contribution in [0.2, 0.25) is 0 Å². The highest BCUT2D eigenvalue weighted by atomic mass is 79.9. The minimum Gasteiger partial charge on any atom is -0.336 e. The number of carbonyl (C=O) groups is 1. The zero-order chi connectivity index (χ0) is 13.3. The minimum atomic E-state index is -0.232. The number of piperidine rings is 1. The zero-order valence-corrected chi connectivity index (χ0v) is 13.2. The maximum absolute atomic E-state index is 12.4. The van der Waals surface area contributed by atoms with Crippen LogP contribution in [0, 0.1) is 0 Å². The standard InChI is InChI=1S/C13H19BrN2OS/c1-13(2)11(15)4-3-5-16(13)12(17)7-10-6-9(14)8-18-10/h6,8,11H,3-5,7,15H2,1-2H3. The van der Waals surface area contributed by atoms with Gasteiger partial charge in [0, 0.05) is 27.3 Å². The van der Waals surface area contributed by atoms with Gasteiger partial charge in [0.05, 0.1) is 12.0 Å². The van der Waals surface area contributed by atoms with E-state index in [0.29, 0.717) is 6.42 Å². The minimum absolute atomic E-state index is 0.0743. The molecule has 18 heavy (non-hydrogen) atoms. The van der Waals surface area contributed by atoms with Gasteiger partial charge in [0.1, 0.15) is 0 Å². The highest BCUT2D eigenvalue weighted by Gasteiger charge is 2.38. The van der Waals surface area contributed by atoms with Crippen LogP contribution in [0.3, 0.4) is 0 Å². The van der Waals surface area contributed by atoms with Crippen molar-refractivity contribution in [3.63, 3.8) is 0 Å². The molecule has 1 saturated heterocycles. The maximum atomic E-state index is 12.4. The number of hydrogen-bond donors (Lipinski definition) is 1. The van der Waals surface area contributed by atoms with Gasteiger partial charge < -0.3 is 10.6 Å². The van der Waals surface area contributed by atoms with E-state index in [0.717, 1.165) is 28.7 Å². The number of halogens is 1. The Labute approximate surface area is 120 Å². The smallest absolute Gasteiger partial charge is 0.228 e. The first-order valence-corrected chi connectivity index (χ1v) is 7.87. The summed E-state index contributed by atoms with van der Waals surface area (Å²) < 4.78 is 1.05. The predicted octanol–water partition coefficient (Wildman–Crippen LogP) is 2.78. The third-order valence-corrected chi connectivity index (χ3v) is 5.45. The zero-order valence-electron chi connectivity index (χ0n) is 10.8. The van der Waals surface area contributed by atoms with Gasteiger partial charge >= 0.3 is 0 Å². The van der Waals surface area contributed by atoms with Crippen LogP contribution in [0.5, 0.6) is 0 Å². The number of amides is 1. The summed E-state index contributed by atoms with van der Waals surface area (Å²) in [5, 5.41) is 2.01. The van der Waals surface area contributed by atoms with Crippen molar-refractivity contribution in [3.8, 4) is 0 Å². The Hall–Kier alpha value is -0.390. The average Bonchev–Trinajstić information content (AvgIpc) is 2.67. The molecule has 0 aromatic carbocycles. The molecule has 1 unspecified atom stereocenters. The molecule has 5 heteroatoms. The number of thiophene rings is 1. The number of hydrogen-bond acceptors (Lipinski definition) is 3. The summed E-state index contributed by atoms with van der Waals surface area (Å²) >= 11 is 5.03. The van der Waals surface area contributed by atoms with Crippen LogP contribution < -0.4 is 5.73 Å². The van der Waals surface area contributed by atoms with Gasteiger partial charge in [-0.2, -0.15) is 0 Å². The Morgan fingerprint density at radius 1 is 1.67 bits per heavy atom. The lowest BCUT2D eigenvalue weighted by atomic mass is 9.85. The first-order chi connectivity index (χ1) is 8.41. The van der Waals surface area contributed by atoms with Crippen molar-refractivity contribution in [3.05, 3.63) is 20.8 Å². The quantitative estimate of drug-likeness (QED) is 0.906. The van der Waals surface area contributed by atoms with Gasteiger partial charge in [-0.1, -0.05) is 0 Å². The summed E-state index contributed by atoms with van der Waals surface area (Å²) in [6.45, 7) is 4.96. The van der Waals surface area contributed by atoms with E-state index in [9.17, 15) is 4.79 Å². The summed E-state index contributed by atoms with van der Waals surface area (Å²) in [6.07, 6.45) is 2.48. The highest BCUT2D eigenvalue weighted by Crippen LogP contribution is 2.28. The Kier molecular flexibility index (Phi) is 4.14. The molecule has 2 N–H and O–H groups in total. The van der Waals surface area contributed by atoms with Gasteiger partial charge in [0.2, 0.25) is 5.91 Å². The molecule has 0 bridgehead atoms. The maximum Gasteiger partial charge on any atom is 0.228 e. The summed E-state index contributed by atoms with van der Waals surface area (Å²) in [6, 6.07) is 2.09. The van der Waals surface area contributed by atoms with E-state index in [-0.39, 0.29) is 17.5 Å². The largest absolute Gasteiger partial charge is 0.336 e. The highest BCUT2D eigenvalue weighted by molar-refractivity contribution is 9.10. The average molecular weight is 331 g/mol. The second-order valence-corrected chi connectivity index (χ2v) is 7.27. The van der Waals surface area contributed by atoms with Crippen LogP contribution in [0.4, 0.5) is 0 Å². The van der Waals surface area contributed by atoms with E-state index in [2.05, 4.69) is 29.8 Å². The van der Waals surface area contributed by atoms with Crippen LogP contribution in [0.1, 0.15) is 31.6 Å². The molecule has 1 atom stereocenters. The first-order valence-electron chi connectivity index (χ1n) is 6.20. The van der Waals surface area contributed by atoms with Gasteiger partial charge in [-0.25, -0.2) is 0 Å². The normalized spacial score (nSPS) is 23.1. The van der Waals surface area contributed by atoms with Crippen molar-refractivity contribution < 1.29 is 4.79 Å². The summed E-state index contributed by atoms with van der Waals surface area (Å²) in [5.74, 6) is 0.185. The molecule has 0 radical (unpaired) electrons. The van der Waals surface area contributed by atoms with Crippen molar-refractivity contribution in [1.82, 2.24) is 4.90 Å². The third kappa shape index (κ3) is 2.78. The first kappa shape index (κ1) is 14.0. The Bertz CT molecular complexity index is 444. The van der Waals surface area contributed by atoms with Crippen molar-refractivity contribution in [2.24, 2.45) is 5.73 Å². The molecule has 0 spiro atoms. The number of likely N-dealkylation sites (tertiary alicyclic amines) is 1. The monoisotopic (exact) mass is 330 g/mol. The third-order valence-electron chi connectivity index (χ3n) is 3.75. The second-order valence-electron chi connectivity index (χ2n) is 5.36. The molecule has 0 saturated carbocycles. The number of carbonyl (C=O) groups excluding carboxylic acids is 1. The molecule has 100 valence electrons. The van der Waals surface area contributed by atoms with E-state index in [1.807, 2.05) is 16.3 Å². The van der Waals surface area contributed by atoms with Crippen molar-refractivity contribution >= 4 is 33.2 Å². The van der Waals surface area contributed by atoms with Gasteiger partial charge in [0.15, 0.2) is 0 Å². The summed E-state index contributed by atoms with van der Waals surface area (Å²) in [7, 11) is 0. The molecule has 1 amide bonds. The predicted molar refractivity (Wildman–Crippen MR) is 78.7 cm³/mol. The molecule has 1 fully saturated rings. The number of rotatable bonds is 2. The summed E-state index contributed by atoms with van der Waals surface area (Å²) in [5.41, 5.74) is 5.91. The van der Waals surface area contributed by atoms with E-state index in [4.69, 9.17) is 5.73 Å². The van der Waals surface area contributed by atoms with E-state index < -0.39 is 0 Å². The van der Waals surface area contributed by atoms with Crippen molar-refractivity contribution in [2.75, 3.05) is 6.54 Å². The van der Waals surface area contributed by atoms with Crippen molar-refractivity contribution in [2.45, 2.75) is 44.7 Å². The molecule has 1 aliphatic rings. The topological polar surface area (TPSA) is 46.3 Å². The number of nitrogens with two attached hydrogens (primary N) is 1. The molecule has 2 heterocycles. The molecule has 0 aliphatic carbocycles.